The summed E-state index contributed by atoms with van der Waals surface area (Å²) in [5.74, 6) is -4.20. The molecule has 2 saturated heterocycles. The van der Waals surface area contributed by atoms with E-state index < -0.39 is 58.5 Å². The van der Waals surface area contributed by atoms with Gasteiger partial charge in [-0.2, -0.15) is 0 Å². The van der Waals surface area contributed by atoms with Crippen LogP contribution in [0.4, 0.5) is 0 Å². The number of allylic oxidation sites excluding steroid dienone is 1. The molecule has 0 unspecified atom stereocenters. The van der Waals surface area contributed by atoms with Gasteiger partial charge in [0.2, 0.25) is 5.79 Å². The smallest absolute Gasteiger partial charge is 0.208 e. The number of fused-ring (bicyclic) bond motifs is 2. The second-order valence-corrected chi connectivity index (χ2v) is 10.4. The lowest BCUT2D eigenvalue weighted by atomic mass is 9.35. The molecule has 10 atom stereocenters. The molecular weight excluding hydrogens is 364 g/mol. The van der Waals surface area contributed by atoms with Crippen LogP contribution in [0.2, 0.25) is 0 Å². The molecule has 156 valence electrons. The average Bonchev–Trinajstić information content (AvgIpc) is 2.82. The number of ether oxygens (including phenoxy) is 2. The molecule has 4 saturated carbocycles. The maximum Gasteiger partial charge on any atom is 0.208 e. The number of hydrogen-bond acceptors (Lipinski definition) is 7. The summed E-state index contributed by atoms with van der Waals surface area (Å²) in [6, 6.07) is 0. The van der Waals surface area contributed by atoms with Crippen LogP contribution in [0.25, 0.3) is 0 Å². The second kappa shape index (κ2) is 5.25. The van der Waals surface area contributed by atoms with Crippen LogP contribution >= 0.6 is 0 Å². The highest BCUT2D eigenvalue weighted by Crippen LogP contribution is 2.77. The molecule has 4 aliphatic carbocycles. The van der Waals surface area contributed by atoms with Crippen molar-refractivity contribution in [2.75, 3.05) is 7.11 Å². The second-order valence-electron chi connectivity index (χ2n) is 10.4. The third kappa shape index (κ3) is 1.66. The Bertz CT molecular complexity index is 764. The fourth-order valence-corrected chi connectivity index (χ4v) is 8.15. The number of hydrogen-bond donors (Lipinski definition) is 4. The highest BCUT2D eigenvalue weighted by Gasteiger charge is 2.88. The summed E-state index contributed by atoms with van der Waals surface area (Å²) < 4.78 is 11.6. The van der Waals surface area contributed by atoms with Gasteiger partial charge in [0.05, 0.1) is 23.0 Å². The largest absolute Gasteiger partial charge is 0.393 e. The molecule has 6 fully saturated rings. The number of carbonyl (C=O) groups excluding carboxylic acids is 1. The van der Waals surface area contributed by atoms with Crippen LogP contribution in [0.3, 0.4) is 0 Å². The molecule has 0 aromatic carbocycles. The monoisotopic (exact) mass is 394 g/mol. The van der Waals surface area contributed by atoms with Gasteiger partial charge in [-0.3, -0.25) is 4.79 Å². The fourth-order valence-electron chi connectivity index (χ4n) is 8.15. The van der Waals surface area contributed by atoms with Crippen molar-refractivity contribution in [3.8, 4) is 0 Å². The van der Waals surface area contributed by atoms with Gasteiger partial charge in [0.1, 0.15) is 6.10 Å². The number of carbonyl (C=O) groups is 1. The van der Waals surface area contributed by atoms with Crippen molar-refractivity contribution in [1.29, 1.82) is 0 Å². The van der Waals surface area contributed by atoms with E-state index in [0.717, 1.165) is 0 Å². The van der Waals surface area contributed by atoms with Gasteiger partial charge in [0.25, 0.3) is 0 Å². The molecule has 6 rings (SSSR count). The zero-order valence-corrected chi connectivity index (χ0v) is 16.6. The number of ketones is 1. The molecule has 6 aliphatic rings. The van der Waals surface area contributed by atoms with Gasteiger partial charge >= 0.3 is 0 Å². The van der Waals surface area contributed by atoms with E-state index in [1.807, 2.05) is 13.8 Å². The quantitative estimate of drug-likeness (QED) is 0.474. The number of rotatable bonds is 1. The lowest BCUT2D eigenvalue weighted by Gasteiger charge is -2.76. The Labute approximate surface area is 164 Å². The maximum atomic E-state index is 13.5. The van der Waals surface area contributed by atoms with Crippen LogP contribution < -0.4 is 0 Å². The minimum atomic E-state index is -2.20. The molecule has 28 heavy (non-hydrogen) atoms. The summed E-state index contributed by atoms with van der Waals surface area (Å²) in [5, 5.41) is 45.9. The van der Waals surface area contributed by atoms with Crippen LogP contribution in [0.1, 0.15) is 39.5 Å². The van der Waals surface area contributed by atoms with Gasteiger partial charge in [-0.05, 0) is 42.6 Å². The predicted octanol–water partition coefficient (Wildman–Crippen LogP) is 0.348. The summed E-state index contributed by atoms with van der Waals surface area (Å²) in [7, 11) is 1.43. The van der Waals surface area contributed by atoms with Crippen LogP contribution in [-0.4, -0.2) is 63.7 Å². The first-order valence-corrected chi connectivity index (χ1v) is 10.2. The first kappa shape index (κ1) is 19.2. The number of Topliss-reactive ketones (excluding diaryl/α,β-unsaturated/α-hetero) is 1. The van der Waals surface area contributed by atoms with E-state index in [-0.39, 0.29) is 18.1 Å². The van der Waals surface area contributed by atoms with E-state index >= 15 is 0 Å². The van der Waals surface area contributed by atoms with Gasteiger partial charge < -0.3 is 29.9 Å². The van der Waals surface area contributed by atoms with E-state index in [4.69, 9.17) is 9.47 Å². The molecule has 7 heteroatoms. The molecule has 0 aromatic rings. The van der Waals surface area contributed by atoms with Crippen LogP contribution in [0.15, 0.2) is 12.2 Å². The maximum absolute atomic E-state index is 13.5. The molecule has 2 aliphatic heterocycles. The van der Waals surface area contributed by atoms with Gasteiger partial charge in [0.15, 0.2) is 12.1 Å². The van der Waals surface area contributed by atoms with E-state index in [2.05, 4.69) is 6.58 Å². The first-order chi connectivity index (χ1) is 13.0. The Morgan fingerprint density at radius 3 is 2.54 bits per heavy atom. The zero-order chi connectivity index (χ0) is 20.4. The topological polar surface area (TPSA) is 116 Å². The van der Waals surface area contributed by atoms with E-state index in [1.54, 1.807) is 0 Å². The number of aliphatic hydroxyl groups is 4. The van der Waals surface area contributed by atoms with Gasteiger partial charge in [-0.15, -0.1) is 0 Å². The Kier molecular flexibility index (Phi) is 3.59. The summed E-state index contributed by atoms with van der Waals surface area (Å²) in [6.45, 7) is 7.91. The highest BCUT2D eigenvalue weighted by atomic mass is 16.7. The molecule has 4 N–H and O–H groups in total. The minimum Gasteiger partial charge on any atom is -0.393 e. The summed E-state index contributed by atoms with van der Waals surface area (Å²) >= 11 is 0. The van der Waals surface area contributed by atoms with E-state index in [1.165, 1.54) is 7.11 Å². The Morgan fingerprint density at radius 2 is 1.89 bits per heavy atom. The molecule has 0 aromatic heterocycles. The normalized spacial score (nSPS) is 59.2. The van der Waals surface area contributed by atoms with E-state index in [0.29, 0.717) is 24.8 Å². The molecule has 0 radical (unpaired) electrons. The van der Waals surface area contributed by atoms with E-state index in [9.17, 15) is 25.2 Å². The molecule has 0 amide bonds. The van der Waals surface area contributed by atoms with Crippen LogP contribution in [0.5, 0.6) is 0 Å². The Balaban J connectivity index is 1.85. The minimum absolute atomic E-state index is 0.262. The molecule has 2 spiro atoms. The third-order valence-electron chi connectivity index (χ3n) is 9.02. The summed E-state index contributed by atoms with van der Waals surface area (Å²) in [6.07, 6.45) is -2.61. The van der Waals surface area contributed by atoms with Crippen molar-refractivity contribution in [2.45, 2.75) is 69.9 Å². The van der Waals surface area contributed by atoms with Crippen molar-refractivity contribution in [2.24, 2.45) is 34.0 Å². The average molecular weight is 394 g/mol. The summed E-state index contributed by atoms with van der Waals surface area (Å²) in [4.78, 5) is 13.5. The van der Waals surface area contributed by atoms with Crippen molar-refractivity contribution >= 4 is 5.78 Å². The Morgan fingerprint density at radius 1 is 1.21 bits per heavy atom. The number of aliphatic hydroxyl groups excluding tert-OH is 3. The van der Waals surface area contributed by atoms with Crippen molar-refractivity contribution in [3.63, 3.8) is 0 Å². The SMILES string of the molecule is C=C1C(=O)[C@@]23C[C@H]1C[C@H](O)[C@H]2[C@@]12[C@@H](OC)O[C@]3(O)[C@@H](O)[C@@H]1C(C)(C)CC[C@@H]2O. The lowest BCUT2D eigenvalue weighted by molar-refractivity contribution is -0.508. The zero-order valence-electron chi connectivity index (χ0n) is 16.6. The molecule has 2 heterocycles. The molecular formula is C21H30O7. The molecule has 7 nitrogen and oxygen atoms in total. The van der Waals surface area contributed by atoms with Crippen molar-refractivity contribution in [1.82, 2.24) is 0 Å². The highest BCUT2D eigenvalue weighted by molar-refractivity contribution is 6.04. The molecule has 4 bridgehead atoms. The summed E-state index contributed by atoms with van der Waals surface area (Å²) in [5.41, 5.74) is -2.81. The predicted molar refractivity (Wildman–Crippen MR) is 96.6 cm³/mol. The third-order valence-corrected chi connectivity index (χ3v) is 9.02. The Hall–Kier alpha value is -0.830. The van der Waals surface area contributed by atoms with Crippen molar-refractivity contribution < 1.29 is 34.7 Å². The van der Waals surface area contributed by atoms with Gasteiger partial charge in [-0.1, -0.05) is 20.4 Å². The lowest BCUT2D eigenvalue weighted by Crippen LogP contribution is -2.87. The van der Waals surface area contributed by atoms with Gasteiger partial charge in [-0.25, -0.2) is 0 Å². The van der Waals surface area contributed by atoms with Crippen LogP contribution in [-0.2, 0) is 14.3 Å². The first-order valence-electron chi connectivity index (χ1n) is 10.2. The van der Waals surface area contributed by atoms with Crippen molar-refractivity contribution in [3.05, 3.63) is 12.2 Å². The number of methoxy groups -OCH3 is 1. The fraction of sp³-hybridized carbons (Fsp3) is 0.857. The standard InChI is InChI=1S/C21H30O7/c1-9-10-7-11(22)13-19(8-10,15(9)24)21(26)16(25)14-18(2,3)6-5-12(23)20(13,14)17(27-4)28-21/h10-14,16-17,22-23,25-26H,1,5-8H2,2-4H3/t10-,11+,12+,13-,14-,16+,17+,19-,20-,21-/m1/s1. The van der Waals surface area contributed by atoms with Gasteiger partial charge in [0, 0.05) is 18.9 Å². The van der Waals surface area contributed by atoms with Crippen LogP contribution in [0, 0.1) is 34.0 Å².